The Hall–Kier alpha value is -3.60. The molecule has 0 fully saturated rings. The Morgan fingerprint density at radius 2 is 1.55 bits per heavy atom. The molecule has 1 amide bonds. The normalized spacial score (nSPS) is 11.5. The van der Waals surface area contributed by atoms with Crippen LogP contribution in [-0.2, 0) is 22.6 Å². The van der Waals surface area contributed by atoms with Crippen LogP contribution in [0, 0.1) is 5.92 Å². The monoisotopic (exact) mass is 417 g/mol. The summed E-state index contributed by atoms with van der Waals surface area (Å²) < 4.78 is 5.86. The minimum absolute atomic E-state index is 0.222. The number of amides is 1. The number of aliphatic carboxylic acids is 1. The van der Waals surface area contributed by atoms with Crippen LogP contribution in [0.15, 0.2) is 84.9 Å². The van der Waals surface area contributed by atoms with E-state index in [2.05, 4.69) is 0 Å². The molecule has 0 saturated carbocycles. The molecule has 1 unspecified atom stereocenters. The molecule has 0 radical (unpaired) electrons. The van der Waals surface area contributed by atoms with Gasteiger partial charge in [0.15, 0.2) is 0 Å². The Kier molecular flexibility index (Phi) is 7.82. The van der Waals surface area contributed by atoms with E-state index in [0.29, 0.717) is 25.3 Å². The van der Waals surface area contributed by atoms with Crippen molar-refractivity contribution in [3.05, 3.63) is 96.1 Å². The summed E-state index contributed by atoms with van der Waals surface area (Å²) in [6, 6.07) is 26.6. The standard InChI is InChI=1S/C26H27NO4/c1-2-27(22-13-7-4-8-14-22)25(28)24(26(29)30)17-16-20-12-9-15-23(18-20)31-19-21-10-5-3-6-11-21/h3-15,18,24H,2,16-17,19H2,1H3,(H,29,30). The van der Waals surface area contributed by atoms with Gasteiger partial charge in [0.25, 0.3) is 0 Å². The molecule has 5 heteroatoms. The van der Waals surface area contributed by atoms with Gasteiger partial charge in [-0.15, -0.1) is 0 Å². The number of carboxylic acid groups (broad SMARTS) is 1. The molecule has 0 saturated heterocycles. The van der Waals surface area contributed by atoms with Gasteiger partial charge >= 0.3 is 5.97 Å². The molecule has 0 aliphatic carbocycles. The highest BCUT2D eigenvalue weighted by Gasteiger charge is 2.30. The second-order valence-electron chi connectivity index (χ2n) is 7.27. The van der Waals surface area contributed by atoms with Gasteiger partial charge in [0.2, 0.25) is 5.91 Å². The lowest BCUT2D eigenvalue weighted by atomic mass is 9.97. The number of carbonyl (C=O) groups excluding carboxylic acids is 1. The Balaban J connectivity index is 1.64. The highest BCUT2D eigenvalue weighted by Crippen LogP contribution is 2.21. The summed E-state index contributed by atoms with van der Waals surface area (Å²) in [7, 11) is 0. The minimum Gasteiger partial charge on any atom is -0.489 e. The molecule has 3 aromatic rings. The average Bonchev–Trinajstić information content (AvgIpc) is 2.80. The lowest BCUT2D eigenvalue weighted by Crippen LogP contribution is -2.39. The predicted octanol–water partition coefficient (Wildman–Crippen LogP) is 4.95. The lowest BCUT2D eigenvalue weighted by molar-refractivity contribution is -0.146. The number of hydrogen-bond acceptors (Lipinski definition) is 3. The van der Waals surface area contributed by atoms with Crippen LogP contribution in [0.1, 0.15) is 24.5 Å². The molecule has 31 heavy (non-hydrogen) atoms. The number of ether oxygens (including phenoxy) is 1. The second kappa shape index (κ2) is 11.0. The van der Waals surface area contributed by atoms with Gasteiger partial charge in [-0.25, -0.2) is 0 Å². The third-order valence-electron chi connectivity index (χ3n) is 5.11. The molecule has 3 aromatic carbocycles. The number of anilines is 1. The quantitative estimate of drug-likeness (QED) is 0.474. The van der Waals surface area contributed by atoms with Crippen molar-refractivity contribution in [3.8, 4) is 5.75 Å². The van der Waals surface area contributed by atoms with Crippen LogP contribution < -0.4 is 9.64 Å². The maximum absolute atomic E-state index is 13.0. The summed E-state index contributed by atoms with van der Waals surface area (Å²) >= 11 is 0. The third kappa shape index (κ3) is 6.19. The van der Waals surface area contributed by atoms with Gasteiger partial charge in [-0.05, 0) is 55.2 Å². The van der Waals surface area contributed by atoms with Crippen molar-refractivity contribution in [2.45, 2.75) is 26.4 Å². The molecule has 0 aliphatic heterocycles. The predicted molar refractivity (Wildman–Crippen MR) is 121 cm³/mol. The number of carboxylic acids is 1. The van der Waals surface area contributed by atoms with Crippen LogP contribution in [-0.4, -0.2) is 23.5 Å². The van der Waals surface area contributed by atoms with E-state index in [4.69, 9.17) is 4.74 Å². The van der Waals surface area contributed by atoms with E-state index in [1.165, 1.54) is 4.90 Å². The zero-order valence-corrected chi connectivity index (χ0v) is 17.6. The SMILES string of the molecule is CCN(C(=O)C(CCc1cccc(OCc2ccccc2)c1)C(=O)O)c1ccccc1. The fourth-order valence-corrected chi connectivity index (χ4v) is 3.46. The van der Waals surface area contributed by atoms with Crippen molar-refractivity contribution in [1.29, 1.82) is 0 Å². The van der Waals surface area contributed by atoms with Gasteiger partial charge < -0.3 is 14.7 Å². The molecular formula is C26H27NO4. The van der Waals surface area contributed by atoms with Crippen molar-refractivity contribution < 1.29 is 19.4 Å². The van der Waals surface area contributed by atoms with Crippen molar-refractivity contribution >= 4 is 17.6 Å². The zero-order chi connectivity index (χ0) is 22.1. The first-order valence-corrected chi connectivity index (χ1v) is 10.4. The van der Waals surface area contributed by atoms with Crippen LogP contribution in [0.4, 0.5) is 5.69 Å². The summed E-state index contributed by atoms with van der Waals surface area (Å²) in [5.74, 6) is -1.87. The molecule has 0 bridgehead atoms. The lowest BCUT2D eigenvalue weighted by Gasteiger charge is -2.24. The van der Waals surface area contributed by atoms with Crippen LogP contribution in [0.2, 0.25) is 0 Å². The van der Waals surface area contributed by atoms with E-state index < -0.39 is 17.8 Å². The van der Waals surface area contributed by atoms with E-state index in [-0.39, 0.29) is 6.42 Å². The first-order valence-electron chi connectivity index (χ1n) is 10.4. The van der Waals surface area contributed by atoms with E-state index in [1.54, 1.807) is 0 Å². The van der Waals surface area contributed by atoms with E-state index in [0.717, 1.165) is 16.9 Å². The summed E-state index contributed by atoms with van der Waals surface area (Å²) in [6.07, 6.45) is 0.692. The van der Waals surface area contributed by atoms with Crippen molar-refractivity contribution in [2.75, 3.05) is 11.4 Å². The smallest absolute Gasteiger partial charge is 0.316 e. The molecule has 0 aliphatic rings. The number of aryl methyl sites for hydroxylation is 1. The van der Waals surface area contributed by atoms with Gasteiger partial charge in [0.1, 0.15) is 18.3 Å². The summed E-state index contributed by atoms with van der Waals surface area (Å²) in [6.45, 7) is 2.72. The number of nitrogens with zero attached hydrogens (tertiary/aromatic N) is 1. The van der Waals surface area contributed by atoms with Gasteiger partial charge in [0.05, 0.1) is 0 Å². The second-order valence-corrected chi connectivity index (χ2v) is 7.27. The summed E-state index contributed by atoms with van der Waals surface area (Å²) in [4.78, 5) is 26.4. The third-order valence-corrected chi connectivity index (χ3v) is 5.11. The molecule has 1 atom stereocenters. The zero-order valence-electron chi connectivity index (χ0n) is 17.6. The largest absolute Gasteiger partial charge is 0.489 e. The first-order chi connectivity index (χ1) is 15.1. The number of benzene rings is 3. The average molecular weight is 418 g/mol. The van der Waals surface area contributed by atoms with Gasteiger partial charge in [0, 0.05) is 12.2 Å². The Labute approximate surface area is 182 Å². The van der Waals surface area contributed by atoms with Crippen LogP contribution in [0.25, 0.3) is 0 Å². The topological polar surface area (TPSA) is 66.8 Å². The molecule has 1 N–H and O–H groups in total. The summed E-state index contributed by atoms with van der Waals surface area (Å²) in [5.41, 5.74) is 2.72. The minimum atomic E-state index is -1.10. The number of para-hydroxylation sites is 1. The molecule has 0 spiro atoms. The van der Waals surface area contributed by atoms with Gasteiger partial charge in [-0.2, -0.15) is 0 Å². The molecule has 3 rings (SSSR count). The first kappa shape index (κ1) is 22.1. The molecular weight excluding hydrogens is 390 g/mol. The van der Waals surface area contributed by atoms with Gasteiger partial charge in [-0.3, -0.25) is 9.59 Å². The maximum Gasteiger partial charge on any atom is 0.316 e. The molecule has 160 valence electrons. The van der Waals surface area contributed by atoms with Crippen molar-refractivity contribution in [1.82, 2.24) is 0 Å². The fourth-order valence-electron chi connectivity index (χ4n) is 3.46. The Morgan fingerprint density at radius 3 is 2.19 bits per heavy atom. The van der Waals surface area contributed by atoms with Crippen molar-refractivity contribution in [3.63, 3.8) is 0 Å². The Morgan fingerprint density at radius 1 is 0.903 bits per heavy atom. The highest BCUT2D eigenvalue weighted by atomic mass is 16.5. The van der Waals surface area contributed by atoms with Gasteiger partial charge in [-0.1, -0.05) is 60.7 Å². The van der Waals surface area contributed by atoms with E-state index >= 15 is 0 Å². The highest BCUT2D eigenvalue weighted by molar-refractivity contribution is 6.05. The molecule has 0 heterocycles. The molecule has 0 aromatic heterocycles. The number of rotatable bonds is 10. The van der Waals surface area contributed by atoms with Crippen LogP contribution >= 0.6 is 0 Å². The molecule has 5 nitrogen and oxygen atoms in total. The number of hydrogen-bond donors (Lipinski definition) is 1. The van der Waals surface area contributed by atoms with E-state index in [9.17, 15) is 14.7 Å². The maximum atomic E-state index is 13.0. The van der Waals surface area contributed by atoms with E-state index in [1.807, 2.05) is 91.9 Å². The van der Waals surface area contributed by atoms with Crippen LogP contribution in [0.3, 0.4) is 0 Å². The fraction of sp³-hybridized carbons (Fsp3) is 0.231. The Bertz CT molecular complexity index is 989. The van der Waals surface area contributed by atoms with Crippen molar-refractivity contribution in [2.24, 2.45) is 5.92 Å². The van der Waals surface area contributed by atoms with Crippen LogP contribution in [0.5, 0.6) is 5.75 Å². The summed E-state index contributed by atoms with van der Waals surface area (Å²) in [5, 5.41) is 9.71. The number of carbonyl (C=O) groups is 2.